The van der Waals surface area contributed by atoms with E-state index in [1.807, 2.05) is 37.3 Å². The van der Waals surface area contributed by atoms with Crippen LogP contribution in [0.25, 0.3) is 16.9 Å². The molecule has 0 saturated carbocycles. The fourth-order valence-electron chi connectivity index (χ4n) is 4.16. The number of benzene rings is 2. The van der Waals surface area contributed by atoms with Gasteiger partial charge in [0.1, 0.15) is 23.8 Å². The largest absolute Gasteiger partial charge is 0.497 e. The van der Waals surface area contributed by atoms with Crippen molar-refractivity contribution in [1.82, 2.24) is 14.7 Å². The van der Waals surface area contributed by atoms with Crippen LogP contribution in [-0.2, 0) is 14.3 Å². The summed E-state index contributed by atoms with van der Waals surface area (Å²) in [4.78, 5) is 41.7. The number of amides is 1. The molecule has 4 rings (SSSR count). The van der Waals surface area contributed by atoms with Gasteiger partial charge in [-0.25, -0.2) is 4.98 Å². The van der Waals surface area contributed by atoms with Crippen LogP contribution in [0.15, 0.2) is 66.9 Å². The molecule has 1 atom stereocenters. The maximum Gasteiger partial charge on any atom is 0.325 e. The molecule has 0 radical (unpaired) electrons. The zero-order valence-corrected chi connectivity index (χ0v) is 21.2. The van der Waals surface area contributed by atoms with Gasteiger partial charge in [0, 0.05) is 11.8 Å². The van der Waals surface area contributed by atoms with Gasteiger partial charge in [0.05, 0.1) is 32.2 Å². The Labute approximate surface area is 219 Å². The monoisotopic (exact) mass is 516 g/mol. The molecule has 0 aliphatic heterocycles. The predicted octanol–water partition coefficient (Wildman–Crippen LogP) is 3.85. The number of aryl methyl sites for hydroxylation is 1. The molecule has 1 unspecified atom stereocenters. The summed E-state index contributed by atoms with van der Waals surface area (Å²) >= 11 is 0. The second kappa shape index (κ2) is 11.5. The van der Waals surface area contributed by atoms with E-state index >= 15 is 0 Å². The quantitative estimate of drug-likeness (QED) is 0.271. The van der Waals surface area contributed by atoms with E-state index in [4.69, 9.17) is 14.5 Å². The number of ether oxygens (including phenoxy) is 2. The lowest BCUT2D eigenvalue weighted by molar-refractivity contribution is -0.139. The van der Waals surface area contributed by atoms with Gasteiger partial charge < -0.3 is 25.2 Å². The molecule has 38 heavy (non-hydrogen) atoms. The van der Waals surface area contributed by atoms with E-state index in [-0.39, 0.29) is 18.5 Å². The Morgan fingerprint density at radius 3 is 2.55 bits per heavy atom. The Morgan fingerprint density at radius 2 is 1.84 bits per heavy atom. The molecule has 4 aromatic rings. The van der Waals surface area contributed by atoms with Crippen molar-refractivity contribution in [3.05, 3.63) is 83.6 Å². The number of carbonyl (C=O) groups is 3. The molecule has 0 aliphatic rings. The van der Waals surface area contributed by atoms with Crippen LogP contribution in [0, 0.1) is 6.92 Å². The highest BCUT2D eigenvalue weighted by Crippen LogP contribution is 2.32. The number of pyridine rings is 1. The van der Waals surface area contributed by atoms with Crippen molar-refractivity contribution in [3.63, 3.8) is 0 Å². The minimum Gasteiger partial charge on any atom is -0.497 e. The van der Waals surface area contributed by atoms with Gasteiger partial charge in [-0.1, -0.05) is 42.0 Å². The number of hydrogen-bond acceptors (Lipinski definition) is 7. The third-order valence-corrected chi connectivity index (χ3v) is 5.99. The number of methoxy groups -OCH3 is 2. The molecule has 196 valence electrons. The van der Waals surface area contributed by atoms with Gasteiger partial charge in [-0.15, -0.1) is 0 Å². The minimum atomic E-state index is -1.04. The second-order valence-electron chi connectivity index (χ2n) is 8.62. The highest BCUT2D eigenvalue weighted by Gasteiger charge is 2.24. The van der Waals surface area contributed by atoms with Crippen molar-refractivity contribution in [2.75, 3.05) is 26.1 Å². The fourth-order valence-corrected chi connectivity index (χ4v) is 4.16. The lowest BCUT2D eigenvalue weighted by Gasteiger charge is -2.18. The number of fused-ring (bicyclic) bond motifs is 1. The highest BCUT2D eigenvalue weighted by atomic mass is 16.5. The molecule has 3 N–H and O–H groups in total. The average molecular weight is 517 g/mol. The summed E-state index contributed by atoms with van der Waals surface area (Å²) in [7, 11) is 2.86. The lowest BCUT2D eigenvalue weighted by Crippen LogP contribution is -2.30. The maximum absolute atomic E-state index is 13.5. The van der Waals surface area contributed by atoms with Gasteiger partial charge in [0.15, 0.2) is 5.65 Å². The molecule has 2 aromatic heterocycles. The number of carboxylic acids is 1. The molecule has 2 aromatic carbocycles. The Hall–Kier alpha value is -4.86. The van der Waals surface area contributed by atoms with Gasteiger partial charge in [-0.3, -0.25) is 18.8 Å². The highest BCUT2D eigenvalue weighted by molar-refractivity contribution is 6.01. The SMILES string of the molecule is COC(=O)CNc1c(-c2cccc(OC)c2)nc2c(C(=O)NC(CC(=O)O)c3cccc(C)c3)cccn12. The lowest BCUT2D eigenvalue weighted by atomic mass is 10.0. The van der Waals surface area contributed by atoms with E-state index in [2.05, 4.69) is 10.6 Å². The molecule has 0 fully saturated rings. The van der Waals surface area contributed by atoms with Crippen molar-refractivity contribution in [2.24, 2.45) is 0 Å². The number of carboxylic acid groups (broad SMARTS) is 1. The molecule has 10 nitrogen and oxygen atoms in total. The number of imidazole rings is 1. The first-order chi connectivity index (χ1) is 18.3. The van der Waals surface area contributed by atoms with Gasteiger partial charge in [0.2, 0.25) is 0 Å². The molecule has 1 amide bonds. The summed E-state index contributed by atoms with van der Waals surface area (Å²) in [6, 6.07) is 17.2. The second-order valence-corrected chi connectivity index (χ2v) is 8.62. The van der Waals surface area contributed by atoms with Gasteiger partial charge in [-0.05, 0) is 36.8 Å². The summed E-state index contributed by atoms with van der Waals surface area (Å²) in [6.07, 6.45) is 1.44. The van der Waals surface area contributed by atoms with Crippen molar-refractivity contribution in [3.8, 4) is 17.0 Å². The summed E-state index contributed by atoms with van der Waals surface area (Å²) in [5.74, 6) is -0.893. The van der Waals surface area contributed by atoms with E-state index < -0.39 is 23.9 Å². The number of carbonyl (C=O) groups excluding carboxylic acids is 2. The smallest absolute Gasteiger partial charge is 0.325 e. The first kappa shape index (κ1) is 26.2. The van der Waals surface area contributed by atoms with Crippen LogP contribution in [0.3, 0.4) is 0 Å². The Bertz CT molecular complexity index is 1500. The standard InChI is InChI=1S/C28H28N4O6/c1-17-7-4-8-18(13-17)22(15-23(33)34)30-28(36)21-11-6-12-32-26(21)31-25(27(32)29-16-24(35)38-3)19-9-5-10-20(14-19)37-2/h4-14,22,29H,15-16H2,1-3H3,(H,30,36)(H,33,34). The molecule has 2 heterocycles. The number of nitrogens with one attached hydrogen (secondary N) is 2. The van der Waals surface area contributed by atoms with Gasteiger partial charge in [0.25, 0.3) is 5.91 Å². The molecule has 0 saturated heterocycles. The van der Waals surface area contributed by atoms with Crippen LogP contribution in [0.5, 0.6) is 5.75 Å². The van der Waals surface area contributed by atoms with E-state index in [1.54, 1.807) is 48.0 Å². The zero-order chi connectivity index (χ0) is 27.2. The van der Waals surface area contributed by atoms with Gasteiger partial charge in [-0.2, -0.15) is 0 Å². The molecular formula is C28H28N4O6. The number of aliphatic carboxylic acids is 1. The number of nitrogens with zero attached hydrogens (tertiary/aromatic N) is 2. The van der Waals surface area contributed by atoms with Crippen molar-refractivity contribution < 1.29 is 29.0 Å². The Morgan fingerprint density at radius 1 is 1.05 bits per heavy atom. The summed E-state index contributed by atoms with van der Waals surface area (Å²) in [5, 5.41) is 15.4. The number of anilines is 1. The fraction of sp³-hybridized carbons (Fsp3) is 0.214. The van der Waals surface area contributed by atoms with E-state index in [0.29, 0.717) is 34.0 Å². The van der Waals surface area contributed by atoms with E-state index in [0.717, 1.165) is 5.56 Å². The third-order valence-electron chi connectivity index (χ3n) is 5.99. The summed E-state index contributed by atoms with van der Waals surface area (Å²) < 4.78 is 11.8. The van der Waals surface area contributed by atoms with E-state index in [9.17, 15) is 19.5 Å². The summed E-state index contributed by atoms with van der Waals surface area (Å²) in [6.45, 7) is 1.78. The van der Waals surface area contributed by atoms with Crippen molar-refractivity contribution >= 4 is 29.3 Å². The average Bonchev–Trinajstić information content (AvgIpc) is 3.29. The number of esters is 1. The van der Waals surface area contributed by atoms with Crippen LogP contribution in [0.2, 0.25) is 0 Å². The predicted molar refractivity (Wildman–Crippen MR) is 141 cm³/mol. The van der Waals surface area contributed by atoms with Crippen LogP contribution in [0.1, 0.15) is 33.9 Å². The van der Waals surface area contributed by atoms with Crippen LogP contribution >= 0.6 is 0 Å². The first-order valence-electron chi connectivity index (χ1n) is 11.9. The topological polar surface area (TPSA) is 131 Å². The molecule has 0 aliphatic carbocycles. The van der Waals surface area contributed by atoms with Crippen LogP contribution in [0.4, 0.5) is 5.82 Å². The number of rotatable bonds is 10. The first-order valence-corrected chi connectivity index (χ1v) is 11.9. The molecular weight excluding hydrogens is 488 g/mol. The maximum atomic E-state index is 13.5. The van der Waals surface area contributed by atoms with Crippen LogP contribution in [-0.4, -0.2) is 53.1 Å². The van der Waals surface area contributed by atoms with Crippen molar-refractivity contribution in [1.29, 1.82) is 0 Å². The number of aromatic nitrogens is 2. The Kier molecular flexibility index (Phi) is 7.91. The van der Waals surface area contributed by atoms with E-state index in [1.165, 1.54) is 7.11 Å². The van der Waals surface area contributed by atoms with Crippen LogP contribution < -0.4 is 15.4 Å². The molecule has 10 heteroatoms. The zero-order valence-electron chi connectivity index (χ0n) is 21.2. The molecule has 0 spiro atoms. The van der Waals surface area contributed by atoms with Gasteiger partial charge >= 0.3 is 11.9 Å². The summed E-state index contributed by atoms with van der Waals surface area (Å²) in [5.41, 5.74) is 3.41. The minimum absolute atomic E-state index is 0.119. The normalized spacial score (nSPS) is 11.6. The molecule has 0 bridgehead atoms. The third kappa shape index (κ3) is 5.75. The number of hydrogen-bond donors (Lipinski definition) is 3. The Balaban J connectivity index is 1.78. The van der Waals surface area contributed by atoms with Crippen molar-refractivity contribution in [2.45, 2.75) is 19.4 Å².